The fourth-order valence-electron chi connectivity index (χ4n) is 2.45. The zero-order valence-corrected chi connectivity index (χ0v) is 14.6. The molecule has 10 heteroatoms. The Balaban J connectivity index is 2.43. The monoisotopic (exact) mass is 374 g/mol. The molecular formula is C15H19FN2O6S. The number of carbonyl (C=O) groups is 2. The van der Waals surface area contributed by atoms with Crippen molar-refractivity contribution in [1.29, 1.82) is 0 Å². The first-order valence-electron chi connectivity index (χ1n) is 7.60. The van der Waals surface area contributed by atoms with Gasteiger partial charge in [0.25, 0.3) is 5.91 Å². The summed E-state index contributed by atoms with van der Waals surface area (Å²) >= 11 is 0. The average molecular weight is 374 g/mol. The number of benzene rings is 1. The molecular weight excluding hydrogens is 355 g/mol. The second kappa shape index (κ2) is 7.36. The van der Waals surface area contributed by atoms with Gasteiger partial charge in [0.15, 0.2) is 11.6 Å². The minimum atomic E-state index is -4.09. The Bertz CT molecular complexity index is 787. The first-order chi connectivity index (χ1) is 11.6. The van der Waals surface area contributed by atoms with Gasteiger partial charge in [-0.1, -0.05) is 0 Å². The number of aromatic carboxylic acids is 1. The molecule has 1 amide bonds. The van der Waals surface area contributed by atoms with Crippen LogP contribution in [0, 0.1) is 5.82 Å². The lowest BCUT2D eigenvalue weighted by Gasteiger charge is -2.18. The summed E-state index contributed by atoms with van der Waals surface area (Å²) in [6.45, 7) is 0. The number of nitrogens with one attached hydrogen (secondary N) is 1. The zero-order chi connectivity index (χ0) is 18.8. The van der Waals surface area contributed by atoms with Crippen molar-refractivity contribution in [2.75, 3.05) is 14.1 Å². The molecule has 0 aliphatic heterocycles. The molecule has 8 nitrogen and oxygen atoms in total. The average Bonchev–Trinajstić information content (AvgIpc) is 3.01. The fourth-order valence-corrected chi connectivity index (χ4v) is 2.98. The maximum Gasteiger partial charge on any atom is 0.338 e. The van der Waals surface area contributed by atoms with E-state index in [1.807, 2.05) is 0 Å². The van der Waals surface area contributed by atoms with Crippen LogP contribution in [-0.2, 0) is 10.2 Å². The minimum absolute atomic E-state index is 0.351. The summed E-state index contributed by atoms with van der Waals surface area (Å²) in [4.78, 5) is 23.4. The van der Waals surface area contributed by atoms with E-state index in [9.17, 15) is 22.4 Å². The summed E-state index contributed by atoms with van der Waals surface area (Å²) in [5, 5.41) is 9.04. The highest BCUT2D eigenvalue weighted by Crippen LogP contribution is 2.31. The van der Waals surface area contributed by atoms with Gasteiger partial charge in [-0.15, -0.1) is 0 Å². The number of amides is 1. The van der Waals surface area contributed by atoms with E-state index >= 15 is 0 Å². The van der Waals surface area contributed by atoms with Crippen molar-refractivity contribution in [2.45, 2.75) is 31.8 Å². The molecule has 1 aromatic carbocycles. The van der Waals surface area contributed by atoms with E-state index in [0.717, 1.165) is 29.3 Å². The summed E-state index contributed by atoms with van der Waals surface area (Å²) in [5.74, 6) is -4.35. The molecule has 0 heterocycles. The van der Waals surface area contributed by atoms with E-state index in [2.05, 4.69) is 0 Å². The van der Waals surface area contributed by atoms with Crippen molar-refractivity contribution >= 4 is 22.1 Å². The predicted molar refractivity (Wildman–Crippen MR) is 86.3 cm³/mol. The molecule has 0 unspecified atom stereocenters. The summed E-state index contributed by atoms with van der Waals surface area (Å²) < 4.78 is 46.2. The van der Waals surface area contributed by atoms with E-state index in [1.165, 1.54) is 14.1 Å². The Morgan fingerprint density at radius 3 is 2.32 bits per heavy atom. The van der Waals surface area contributed by atoms with Crippen LogP contribution in [0.15, 0.2) is 12.1 Å². The Morgan fingerprint density at radius 1 is 1.24 bits per heavy atom. The van der Waals surface area contributed by atoms with Crippen molar-refractivity contribution < 1.29 is 32.2 Å². The Hall–Kier alpha value is -2.20. The normalized spacial score (nSPS) is 15.4. The molecule has 2 N–H and O–H groups in total. The maximum absolute atomic E-state index is 14.5. The molecule has 0 atom stereocenters. The number of carbonyl (C=O) groups excluding carboxylic acids is 1. The molecule has 0 saturated heterocycles. The molecule has 138 valence electrons. The topological polar surface area (TPSA) is 113 Å². The van der Waals surface area contributed by atoms with Gasteiger partial charge in [0.2, 0.25) is 0 Å². The molecule has 1 aliphatic rings. The largest absolute Gasteiger partial charge is 0.486 e. The molecule has 0 spiro atoms. The first kappa shape index (κ1) is 19.1. The van der Waals surface area contributed by atoms with Gasteiger partial charge in [0, 0.05) is 14.1 Å². The number of rotatable bonds is 6. The van der Waals surface area contributed by atoms with Gasteiger partial charge in [0.1, 0.15) is 0 Å². The van der Waals surface area contributed by atoms with E-state index in [1.54, 1.807) is 4.72 Å². The Morgan fingerprint density at radius 2 is 1.80 bits per heavy atom. The molecule has 0 aromatic heterocycles. The summed E-state index contributed by atoms with van der Waals surface area (Å²) in [6.07, 6.45) is 2.69. The van der Waals surface area contributed by atoms with Crippen LogP contribution in [0.5, 0.6) is 5.75 Å². The van der Waals surface area contributed by atoms with Gasteiger partial charge in [0.05, 0.1) is 17.2 Å². The summed E-state index contributed by atoms with van der Waals surface area (Å²) in [6, 6.07) is 1.94. The van der Waals surface area contributed by atoms with E-state index < -0.39 is 39.2 Å². The van der Waals surface area contributed by atoms with Gasteiger partial charge in [-0.3, -0.25) is 4.79 Å². The number of hydrogen-bond donors (Lipinski definition) is 2. The highest BCUT2D eigenvalue weighted by atomic mass is 32.2. The van der Waals surface area contributed by atoms with Crippen molar-refractivity contribution in [1.82, 2.24) is 9.03 Å². The third-order valence-corrected chi connectivity index (χ3v) is 5.27. The number of halogens is 1. The van der Waals surface area contributed by atoms with Crippen LogP contribution in [0.4, 0.5) is 4.39 Å². The van der Waals surface area contributed by atoms with Crippen molar-refractivity contribution in [3.05, 3.63) is 29.1 Å². The van der Waals surface area contributed by atoms with Gasteiger partial charge in [-0.2, -0.15) is 12.7 Å². The number of hydrogen-bond acceptors (Lipinski definition) is 5. The lowest BCUT2D eigenvalue weighted by molar-refractivity contribution is 0.0688. The highest BCUT2D eigenvalue weighted by molar-refractivity contribution is 7.87. The summed E-state index contributed by atoms with van der Waals surface area (Å²) in [7, 11) is -1.65. The number of carboxylic acids is 1. The van der Waals surface area contributed by atoms with Crippen molar-refractivity contribution in [2.24, 2.45) is 0 Å². The molecule has 1 aromatic rings. The second-order valence-electron chi connectivity index (χ2n) is 5.85. The van der Waals surface area contributed by atoms with Crippen LogP contribution in [0.1, 0.15) is 46.4 Å². The molecule has 25 heavy (non-hydrogen) atoms. The minimum Gasteiger partial charge on any atom is -0.486 e. The lowest BCUT2D eigenvalue weighted by atomic mass is 10.1. The fraction of sp³-hybridized carbons (Fsp3) is 0.467. The van der Waals surface area contributed by atoms with Crippen LogP contribution in [0.3, 0.4) is 0 Å². The molecule has 1 aliphatic carbocycles. The summed E-state index contributed by atoms with van der Waals surface area (Å²) in [5.41, 5.74) is -1.03. The van der Waals surface area contributed by atoms with Crippen LogP contribution in [0.2, 0.25) is 0 Å². The van der Waals surface area contributed by atoms with Gasteiger partial charge in [-0.25, -0.2) is 13.9 Å². The third kappa shape index (κ3) is 4.26. The van der Waals surface area contributed by atoms with Gasteiger partial charge < -0.3 is 9.84 Å². The standard InChI is InChI=1S/C15H19FN2O6S/c1-18(2)25(22,23)17-14(19)11-8-7-10(15(20)21)12(16)13(11)24-9-5-3-4-6-9/h7-9H,3-6H2,1-2H3,(H,17,19)(H,20,21). The van der Waals surface area contributed by atoms with Gasteiger partial charge in [-0.05, 0) is 37.8 Å². The predicted octanol–water partition coefficient (Wildman–Crippen LogP) is 1.38. The van der Waals surface area contributed by atoms with Crippen LogP contribution in [-0.4, -0.2) is 49.9 Å². The van der Waals surface area contributed by atoms with Crippen LogP contribution >= 0.6 is 0 Å². The molecule has 0 bridgehead atoms. The molecule has 0 radical (unpaired) electrons. The van der Waals surface area contributed by atoms with E-state index in [4.69, 9.17) is 9.84 Å². The van der Waals surface area contributed by atoms with Gasteiger partial charge >= 0.3 is 16.2 Å². The lowest BCUT2D eigenvalue weighted by Crippen LogP contribution is -2.39. The van der Waals surface area contributed by atoms with Crippen molar-refractivity contribution in [3.63, 3.8) is 0 Å². The highest BCUT2D eigenvalue weighted by Gasteiger charge is 2.28. The maximum atomic E-state index is 14.5. The van der Waals surface area contributed by atoms with E-state index in [0.29, 0.717) is 12.8 Å². The van der Waals surface area contributed by atoms with Crippen LogP contribution in [0.25, 0.3) is 0 Å². The molecule has 1 saturated carbocycles. The van der Waals surface area contributed by atoms with Crippen LogP contribution < -0.4 is 9.46 Å². The quantitative estimate of drug-likeness (QED) is 0.778. The number of nitrogens with zero attached hydrogens (tertiary/aromatic N) is 1. The smallest absolute Gasteiger partial charge is 0.338 e. The SMILES string of the molecule is CN(C)S(=O)(=O)NC(=O)c1ccc(C(=O)O)c(F)c1OC1CCCC1. The molecule has 1 fully saturated rings. The van der Waals surface area contributed by atoms with E-state index in [-0.39, 0.29) is 11.7 Å². The Labute approximate surface area is 144 Å². The zero-order valence-electron chi connectivity index (χ0n) is 13.8. The second-order valence-corrected chi connectivity index (χ2v) is 7.74. The Kier molecular flexibility index (Phi) is 5.63. The first-order valence-corrected chi connectivity index (χ1v) is 9.04. The number of ether oxygens (including phenoxy) is 1. The molecule has 2 rings (SSSR count). The number of carboxylic acid groups (broad SMARTS) is 1. The van der Waals surface area contributed by atoms with Crippen molar-refractivity contribution in [3.8, 4) is 5.75 Å². The third-order valence-electron chi connectivity index (χ3n) is 3.86.